The largest absolute Gasteiger partial charge is 0.370 e. The van der Waals surface area contributed by atoms with E-state index in [1.807, 2.05) is 4.57 Å². The Labute approximate surface area is 162 Å². The molecule has 0 radical (unpaired) electrons. The number of quaternary nitrogens is 1. The van der Waals surface area contributed by atoms with E-state index in [9.17, 15) is 9.59 Å². The normalized spacial score (nSPS) is 15.4. The van der Waals surface area contributed by atoms with Crippen LogP contribution in [0.3, 0.4) is 0 Å². The summed E-state index contributed by atoms with van der Waals surface area (Å²) in [6.45, 7) is 6.57. The predicted octanol–water partition coefficient (Wildman–Crippen LogP) is -0.794. The maximum Gasteiger partial charge on any atom is 0.332 e. The van der Waals surface area contributed by atoms with Crippen molar-refractivity contribution in [1.29, 1.82) is 0 Å². The van der Waals surface area contributed by atoms with Gasteiger partial charge >= 0.3 is 5.69 Å². The van der Waals surface area contributed by atoms with E-state index in [2.05, 4.69) is 31.2 Å². The van der Waals surface area contributed by atoms with Crippen LogP contribution in [-0.2, 0) is 31.9 Å². The molecule has 1 aliphatic heterocycles. The summed E-state index contributed by atoms with van der Waals surface area (Å²) in [5.74, 6) is 0.825. The lowest BCUT2D eigenvalue weighted by Gasteiger charge is -2.23. The Kier molecular flexibility index (Phi) is 4.91. The molecular formula is C20H26N5O3+. The van der Waals surface area contributed by atoms with Gasteiger partial charge in [-0.3, -0.25) is 13.9 Å². The zero-order valence-corrected chi connectivity index (χ0v) is 16.6. The Morgan fingerprint density at radius 3 is 2.43 bits per heavy atom. The molecule has 8 heteroatoms. The Balaban J connectivity index is 1.87. The molecule has 4 rings (SSSR count). The van der Waals surface area contributed by atoms with Gasteiger partial charge in [0.05, 0.1) is 13.2 Å². The van der Waals surface area contributed by atoms with Gasteiger partial charge in [-0.25, -0.2) is 9.78 Å². The Morgan fingerprint density at radius 2 is 1.75 bits per heavy atom. The van der Waals surface area contributed by atoms with Crippen LogP contribution in [0.25, 0.3) is 11.2 Å². The molecule has 1 saturated heterocycles. The van der Waals surface area contributed by atoms with Gasteiger partial charge in [0, 0.05) is 20.6 Å². The first-order valence-corrected chi connectivity index (χ1v) is 9.57. The van der Waals surface area contributed by atoms with E-state index in [1.165, 1.54) is 22.1 Å². The van der Waals surface area contributed by atoms with E-state index >= 15 is 0 Å². The summed E-state index contributed by atoms with van der Waals surface area (Å²) in [7, 11) is 3.18. The van der Waals surface area contributed by atoms with Crippen LogP contribution in [0.5, 0.6) is 0 Å². The molecular weight excluding hydrogens is 358 g/mol. The number of fused-ring (bicyclic) bond motifs is 1. The van der Waals surface area contributed by atoms with E-state index in [0.717, 1.165) is 42.3 Å². The van der Waals surface area contributed by atoms with Crippen LogP contribution in [0, 0.1) is 6.92 Å². The first-order chi connectivity index (χ1) is 13.5. The number of rotatable bonds is 4. The molecule has 28 heavy (non-hydrogen) atoms. The molecule has 0 aliphatic carbocycles. The minimum Gasteiger partial charge on any atom is -0.370 e. The average Bonchev–Trinajstić information content (AvgIpc) is 3.05. The third kappa shape index (κ3) is 3.29. The first-order valence-electron chi connectivity index (χ1n) is 9.57. The average molecular weight is 384 g/mol. The van der Waals surface area contributed by atoms with Crippen molar-refractivity contribution in [3.63, 3.8) is 0 Å². The highest BCUT2D eigenvalue weighted by atomic mass is 16.5. The van der Waals surface area contributed by atoms with Crippen LogP contribution >= 0.6 is 0 Å². The molecule has 1 N–H and O–H groups in total. The lowest BCUT2D eigenvalue weighted by atomic mass is 10.1. The molecule has 1 aromatic carbocycles. The second kappa shape index (κ2) is 7.37. The summed E-state index contributed by atoms with van der Waals surface area (Å²) in [5, 5.41) is 0. The monoisotopic (exact) mass is 384 g/mol. The third-order valence-electron chi connectivity index (χ3n) is 5.50. The molecule has 148 valence electrons. The quantitative estimate of drug-likeness (QED) is 0.640. The van der Waals surface area contributed by atoms with Crippen LogP contribution in [0.15, 0.2) is 33.9 Å². The van der Waals surface area contributed by atoms with Gasteiger partial charge < -0.3 is 14.2 Å². The second-order valence-electron chi connectivity index (χ2n) is 7.52. The maximum absolute atomic E-state index is 12.9. The van der Waals surface area contributed by atoms with Gasteiger partial charge in [-0.15, -0.1) is 0 Å². The minimum absolute atomic E-state index is 0.305. The van der Waals surface area contributed by atoms with Crippen LogP contribution in [0.1, 0.15) is 17.0 Å². The molecule has 0 saturated carbocycles. The zero-order valence-electron chi connectivity index (χ0n) is 16.6. The van der Waals surface area contributed by atoms with Gasteiger partial charge in [-0.1, -0.05) is 29.8 Å². The lowest BCUT2D eigenvalue weighted by Crippen LogP contribution is -3.12. The van der Waals surface area contributed by atoms with Gasteiger partial charge in [-0.2, -0.15) is 0 Å². The highest BCUT2D eigenvalue weighted by Gasteiger charge is 2.23. The van der Waals surface area contributed by atoms with Gasteiger partial charge in [0.2, 0.25) is 0 Å². The number of ether oxygens (including phenoxy) is 1. The highest BCUT2D eigenvalue weighted by Crippen LogP contribution is 2.14. The molecule has 0 unspecified atom stereocenters. The summed E-state index contributed by atoms with van der Waals surface area (Å²) >= 11 is 0. The predicted molar refractivity (Wildman–Crippen MR) is 106 cm³/mol. The third-order valence-corrected chi connectivity index (χ3v) is 5.50. The van der Waals surface area contributed by atoms with E-state index in [4.69, 9.17) is 9.72 Å². The van der Waals surface area contributed by atoms with Crippen LogP contribution < -0.4 is 16.1 Å². The van der Waals surface area contributed by atoms with Gasteiger partial charge in [0.1, 0.15) is 19.6 Å². The Bertz CT molecular complexity index is 1120. The van der Waals surface area contributed by atoms with Gasteiger partial charge in [-0.05, 0) is 12.5 Å². The maximum atomic E-state index is 12.9. The summed E-state index contributed by atoms with van der Waals surface area (Å²) < 4.78 is 10.0. The fraction of sp³-hybridized carbons (Fsp3) is 0.450. The molecule has 0 atom stereocenters. The number of nitrogens with zero attached hydrogens (tertiary/aromatic N) is 4. The van der Waals surface area contributed by atoms with E-state index < -0.39 is 0 Å². The first kappa shape index (κ1) is 18.6. The molecule has 3 aromatic rings. The summed E-state index contributed by atoms with van der Waals surface area (Å²) in [5.41, 5.74) is 2.55. The lowest BCUT2D eigenvalue weighted by molar-refractivity contribution is -0.922. The SMILES string of the molecule is Cc1ccc(Cn2c(C[NH+]3CCOCC3)nc3c2c(=O)n(C)c(=O)n3C)cc1. The number of nitrogens with one attached hydrogen (secondary N) is 1. The molecule has 0 bridgehead atoms. The van der Waals surface area contributed by atoms with Crippen molar-refractivity contribution in [1.82, 2.24) is 18.7 Å². The Morgan fingerprint density at radius 1 is 1.07 bits per heavy atom. The fourth-order valence-corrected chi connectivity index (χ4v) is 3.73. The number of aromatic nitrogens is 4. The van der Waals surface area contributed by atoms with Crippen LogP contribution in [0.4, 0.5) is 0 Å². The van der Waals surface area contributed by atoms with Gasteiger partial charge in [0.15, 0.2) is 17.0 Å². The van der Waals surface area contributed by atoms with Gasteiger partial charge in [0.25, 0.3) is 5.56 Å². The smallest absolute Gasteiger partial charge is 0.332 e. The van der Waals surface area contributed by atoms with Crippen LogP contribution in [0.2, 0.25) is 0 Å². The molecule has 8 nitrogen and oxygen atoms in total. The number of hydrogen-bond acceptors (Lipinski definition) is 4. The summed E-state index contributed by atoms with van der Waals surface area (Å²) in [6.07, 6.45) is 0. The second-order valence-corrected chi connectivity index (χ2v) is 7.52. The van der Waals surface area contributed by atoms with Crippen molar-refractivity contribution >= 4 is 11.2 Å². The summed E-state index contributed by atoms with van der Waals surface area (Å²) in [6, 6.07) is 8.27. The van der Waals surface area contributed by atoms with Crippen molar-refractivity contribution in [2.45, 2.75) is 20.0 Å². The van der Waals surface area contributed by atoms with E-state index in [-0.39, 0.29) is 11.2 Å². The van der Waals surface area contributed by atoms with Crippen molar-refractivity contribution in [2.24, 2.45) is 14.1 Å². The van der Waals surface area contributed by atoms with Crippen molar-refractivity contribution in [3.8, 4) is 0 Å². The van der Waals surface area contributed by atoms with Crippen LogP contribution in [-0.4, -0.2) is 45.0 Å². The highest BCUT2D eigenvalue weighted by molar-refractivity contribution is 5.71. The number of imidazole rings is 1. The van der Waals surface area contributed by atoms with E-state index in [1.54, 1.807) is 7.05 Å². The number of hydrogen-bond donors (Lipinski definition) is 1. The topological polar surface area (TPSA) is 75.5 Å². The number of morpholine rings is 1. The molecule has 3 heterocycles. The fourth-order valence-electron chi connectivity index (χ4n) is 3.73. The molecule has 0 amide bonds. The molecule has 2 aromatic heterocycles. The summed E-state index contributed by atoms with van der Waals surface area (Å²) in [4.78, 5) is 31.4. The molecule has 0 spiro atoms. The zero-order chi connectivity index (χ0) is 19.8. The minimum atomic E-state index is -0.359. The number of benzene rings is 1. The molecule has 1 fully saturated rings. The van der Waals surface area contributed by atoms with E-state index in [0.29, 0.717) is 24.3 Å². The van der Waals surface area contributed by atoms with Crippen molar-refractivity contribution in [3.05, 3.63) is 62.1 Å². The van der Waals surface area contributed by atoms with Crippen molar-refractivity contribution in [2.75, 3.05) is 26.3 Å². The van der Waals surface area contributed by atoms with Crippen molar-refractivity contribution < 1.29 is 9.64 Å². The Hall–Kier alpha value is -2.71. The molecule has 1 aliphatic rings. The number of aryl methyl sites for hydroxylation is 2. The standard InChI is InChI=1S/C20H25N5O3/c1-14-4-6-15(7-5-14)12-25-16(13-24-8-10-28-11-9-24)21-18-17(25)19(26)23(3)20(27)22(18)2/h4-7H,8-13H2,1-3H3/p+1.